The van der Waals surface area contributed by atoms with Crippen molar-refractivity contribution in [3.05, 3.63) is 59.4 Å². The van der Waals surface area contributed by atoms with Crippen LogP contribution in [0.4, 0.5) is 15.8 Å². The van der Waals surface area contributed by atoms with Gasteiger partial charge in [0, 0.05) is 26.2 Å². The summed E-state index contributed by atoms with van der Waals surface area (Å²) >= 11 is 0. The summed E-state index contributed by atoms with van der Waals surface area (Å²) in [5.41, 5.74) is 2.34. The molecular formula is C19H17FN4. The van der Waals surface area contributed by atoms with Crippen LogP contribution < -0.4 is 9.80 Å². The quantitative estimate of drug-likeness (QED) is 0.852. The summed E-state index contributed by atoms with van der Waals surface area (Å²) in [6.07, 6.45) is 0.876. The maximum Gasteiger partial charge on any atom is 0.143 e. The van der Waals surface area contributed by atoms with E-state index < -0.39 is 5.82 Å². The van der Waals surface area contributed by atoms with E-state index in [2.05, 4.69) is 15.9 Å². The van der Waals surface area contributed by atoms with E-state index in [9.17, 15) is 14.9 Å². The highest BCUT2D eigenvalue weighted by Gasteiger charge is 2.20. The summed E-state index contributed by atoms with van der Waals surface area (Å²) < 4.78 is 13.9. The Labute approximate surface area is 141 Å². The number of nitrogens with zero attached hydrogens (tertiary/aromatic N) is 4. The summed E-state index contributed by atoms with van der Waals surface area (Å²) in [6.45, 7) is 2.98. The monoisotopic (exact) mass is 320 g/mol. The van der Waals surface area contributed by atoms with Crippen molar-refractivity contribution in [1.82, 2.24) is 0 Å². The Morgan fingerprint density at radius 3 is 2.17 bits per heavy atom. The van der Waals surface area contributed by atoms with Crippen molar-refractivity contribution < 1.29 is 4.39 Å². The average Bonchev–Trinajstić information content (AvgIpc) is 2.87. The van der Waals surface area contributed by atoms with Gasteiger partial charge in [-0.2, -0.15) is 10.5 Å². The van der Waals surface area contributed by atoms with E-state index in [1.165, 1.54) is 6.07 Å². The normalized spacial score (nSPS) is 14.6. The molecule has 2 aromatic carbocycles. The number of halogens is 1. The van der Waals surface area contributed by atoms with E-state index in [4.69, 9.17) is 0 Å². The SMILES string of the molecule is N#Cc1ccccc1N1CCCN(c2cccc(F)c2C#N)CC1. The molecule has 0 spiro atoms. The van der Waals surface area contributed by atoms with Crippen LogP contribution in [0.25, 0.3) is 0 Å². The van der Waals surface area contributed by atoms with Crippen LogP contribution in [0.5, 0.6) is 0 Å². The highest BCUT2D eigenvalue weighted by Crippen LogP contribution is 2.26. The van der Waals surface area contributed by atoms with Crippen molar-refractivity contribution in [3.8, 4) is 12.1 Å². The second-order valence-electron chi connectivity index (χ2n) is 5.70. The second kappa shape index (κ2) is 7.02. The van der Waals surface area contributed by atoms with E-state index in [1.807, 2.05) is 30.3 Å². The lowest BCUT2D eigenvalue weighted by Crippen LogP contribution is -2.31. The molecule has 0 N–H and O–H groups in total. The molecule has 1 saturated heterocycles. The Kier molecular flexibility index (Phi) is 4.63. The fourth-order valence-electron chi connectivity index (χ4n) is 3.13. The van der Waals surface area contributed by atoms with Crippen LogP contribution in [0.2, 0.25) is 0 Å². The van der Waals surface area contributed by atoms with Crippen molar-refractivity contribution in [2.45, 2.75) is 6.42 Å². The van der Waals surface area contributed by atoms with Crippen LogP contribution in [0.15, 0.2) is 42.5 Å². The van der Waals surface area contributed by atoms with Crippen molar-refractivity contribution in [2.75, 3.05) is 36.0 Å². The number of hydrogen-bond acceptors (Lipinski definition) is 4. The van der Waals surface area contributed by atoms with Gasteiger partial charge in [0.1, 0.15) is 23.5 Å². The third-order valence-electron chi connectivity index (χ3n) is 4.31. The molecule has 0 aromatic heterocycles. The smallest absolute Gasteiger partial charge is 0.143 e. The maximum atomic E-state index is 13.9. The first-order valence-electron chi connectivity index (χ1n) is 7.92. The van der Waals surface area contributed by atoms with Crippen molar-refractivity contribution in [1.29, 1.82) is 10.5 Å². The van der Waals surface area contributed by atoms with E-state index in [0.717, 1.165) is 31.7 Å². The minimum absolute atomic E-state index is 0.100. The zero-order valence-electron chi connectivity index (χ0n) is 13.2. The molecule has 1 aliphatic rings. The number of benzene rings is 2. The summed E-state index contributed by atoms with van der Waals surface area (Å²) in [5, 5.41) is 18.5. The Hall–Kier alpha value is -3.05. The molecule has 0 bridgehead atoms. The predicted octanol–water partition coefficient (Wildman–Crippen LogP) is 3.29. The Morgan fingerprint density at radius 1 is 0.792 bits per heavy atom. The maximum absolute atomic E-state index is 13.9. The molecule has 120 valence electrons. The lowest BCUT2D eigenvalue weighted by Gasteiger charge is -2.26. The minimum Gasteiger partial charge on any atom is -0.369 e. The molecule has 2 aromatic rings. The van der Waals surface area contributed by atoms with Crippen LogP contribution in [-0.4, -0.2) is 26.2 Å². The van der Waals surface area contributed by atoms with Gasteiger partial charge >= 0.3 is 0 Å². The van der Waals surface area contributed by atoms with E-state index >= 15 is 0 Å². The topological polar surface area (TPSA) is 54.1 Å². The molecule has 1 heterocycles. The molecule has 3 rings (SSSR count). The first kappa shape index (κ1) is 15.8. The highest BCUT2D eigenvalue weighted by molar-refractivity contribution is 5.62. The van der Waals surface area contributed by atoms with Gasteiger partial charge in [-0.15, -0.1) is 0 Å². The molecule has 0 unspecified atom stereocenters. The Balaban J connectivity index is 1.83. The van der Waals surface area contributed by atoms with Gasteiger partial charge < -0.3 is 9.80 Å². The molecule has 0 radical (unpaired) electrons. The zero-order valence-corrected chi connectivity index (χ0v) is 13.2. The second-order valence-corrected chi connectivity index (χ2v) is 5.70. The minimum atomic E-state index is -0.481. The van der Waals surface area contributed by atoms with Gasteiger partial charge in [-0.05, 0) is 30.7 Å². The summed E-state index contributed by atoms with van der Waals surface area (Å²) in [7, 11) is 0. The summed E-state index contributed by atoms with van der Waals surface area (Å²) in [4.78, 5) is 4.24. The largest absolute Gasteiger partial charge is 0.369 e. The van der Waals surface area contributed by atoms with Crippen LogP contribution in [0.1, 0.15) is 17.5 Å². The fourth-order valence-corrected chi connectivity index (χ4v) is 3.13. The molecule has 0 aliphatic carbocycles. The van der Waals surface area contributed by atoms with Crippen LogP contribution in [0.3, 0.4) is 0 Å². The summed E-state index contributed by atoms with van der Waals surface area (Å²) in [6, 6.07) is 16.5. The van der Waals surface area contributed by atoms with Gasteiger partial charge in [-0.25, -0.2) is 4.39 Å². The molecule has 0 amide bonds. The van der Waals surface area contributed by atoms with E-state index in [1.54, 1.807) is 12.1 Å². The molecular weight excluding hydrogens is 303 g/mol. The molecule has 0 saturated carbocycles. The average molecular weight is 320 g/mol. The third-order valence-corrected chi connectivity index (χ3v) is 4.31. The van der Waals surface area contributed by atoms with E-state index in [-0.39, 0.29) is 5.56 Å². The van der Waals surface area contributed by atoms with Crippen molar-refractivity contribution >= 4 is 11.4 Å². The fraction of sp³-hybridized carbons (Fsp3) is 0.263. The van der Waals surface area contributed by atoms with Crippen LogP contribution in [0, 0.1) is 28.5 Å². The summed E-state index contributed by atoms with van der Waals surface area (Å²) in [5.74, 6) is -0.481. The van der Waals surface area contributed by atoms with Crippen LogP contribution in [-0.2, 0) is 0 Å². The number of rotatable bonds is 2. The van der Waals surface area contributed by atoms with Gasteiger partial charge in [-0.3, -0.25) is 0 Å². The molecule has 24 heavy (non-hydrogen) atoms. The number of anilines is 2. The predicted molar refractivity (Wildman–Crippen MR) is 91.3 cm³/mol. The molecule has 1 aliphatic heterocycles. The first-order valence-corrected chi connectivity index (χ1v) is 7.92. The standard InChI is InChI=1S/C19H17FN4/c20-17-6-3-8-19(16(17)14-22)24-10-4-9-23(11-12-24)18-7-2-1-5-15(18)13-21/h1-3,5-8H,4,9-12H2. The zero-order chi connectivity index (χ0) is 16.9. The number of nitriles is 2. The number of hydrogen-bond donors (Lipinski definition) is 0. The lowest BCUT2D eigenvalue weighted by atomic mass is 10.1. The Morgan fingerprint density at radius 2 is 1.46 bits per heavy atom. The van der Waals surface area contributed by atoms with Crippen molar-refractivity contribution in [3.63, 3.8) is 0 Å². The molecule has 0 atom stereocenters. The van der Waals surface area contributed by atoms with Gasteiger partial charge in [0.15, 0.2) is 0 Å². The Bertz CT molecular complexity index is 819. The highest BCUT2D eigenvalue weighted by atomic mass is 19.1. The molecule has 1 fully saturated rings. The van der Waals surface area contributed by atoms with Gasteiger partial charge in [0.2, 0.25) is 0 Å². The van der Waals surface area contributed by atoms with E-state index in [0.29, 0.717) is 17.8 Å². The van der Waals surface area contributed by atoms with Gasteiger partial charge in [0.25, 0.3) is 0 Å². The number of para-hydroxylation sites is 1. The first-order chi connectivity index (χ1) is 11.7. The molecule has 5 heteroatoms. The van der Waals surface area contributed by atoms with Gasteiger partial charge in [0.05, 0.1) is 16.9 Å². The molecule has 4 nitrogen and oxygen atoms in total. The van der Waals surface area contributed by atoms with Crippen LogP contribution >= 0.6 is 0 Å². The van der Waals surface area contributed by atoms with Crippen molar-refractivity contribution in [2.24, 2.45) is 0 Å². The lowest BCUT2D eigenvalue weighted by molar-refractivity contribution is 0.622. The third kappa shape index (κ3) is 3.02. The van der Waals surface area contributed by atoms with Gasteiger partial charge in [-0.1, -0.05) is 18.2 Å².